The molecule has 2 heterocycles. The fraction of sp³-hybridized carbons (Fsp3) is 1.00. The Bertz CT molecular complexity index is 231. The van der Waals surface area contributed by atoms with E-state index in [2.05, 4.69) is 18.7 Å². The van der Waals surface area contributed by atoms with E-state index in [-0.39, 0.29) is 0 Å². The van der Waals surface area contributed by atoms with E-state index in [1.54, 1.807) is 0 Å². The first kappa shape index (κ1) is 8.28. The van der Waals surface area contributed by atoms with Gasteiger partial charge in [0.1, 0.15) is 0 Å². The Labute approximate surface area is 81.5 Å². The summed E-state index contributed by atoms with van der Waals surface area (Å²) in [5, 5.41) is 0. The fourth-order valence-corrected chi connectivity index (χ4v) is 4.03. The van der Waals surface area contributed by atoms with Crippen LogP contribution in [0.4, 0.5) is 0 Å². The zero-order valence-electron chi connectivity index (χ0n) is 8.97. The molecule has 74 valence electrons. The minimum Gasteiger partial charge on any atom is -0.297 e. The van der Waals surface area contributed by atoms with E-state index < -0.39 is 0 Å². The predicted molar refractivity (Wildman–Crippen MR) is 54.7 cm³/mol. The van der Waals surface area contributed by atoms with Gasteiger partial charge in [-0.3, -0.25) is 4.90 Å². The minimum atomic E-state index is 0.659. The third-order valence-corrected chi connectivity index (χ3v) is 4.97. The summed E-state index contributed by atoms with van der Waals surface area (Å²) in [6.07, 6.45) is 7.44. The van der Waals surface area contributed by atoms with Crippen LogP contribution in [0.3, 0.4) is 0 Å². The molecule has 1 heteroatoms. The standard InChI is InChI=1S/C12H21N/c1-10-8-12(11(2)5-6-11)4-3-7-13(12)9-10/h10H,3-9H2,1-2H3. The molecule has 3 aliphatic rings. The lowest BCUT2D eigenvalue weighted by atomic mass is 9.77. The highest BCUT2D eigenvalue weighted by Gasteiger charge is 2.62. The Kier molecular flexibility index (Phi) is 1.47. The number of hydrogen-bond acceptors (Lipinski definition) is 1. The molecular weight excluding hydrogens is 158 g/mol. The van der Waals surface area contributed by atoms with Gasteiger partial charge in [0, 0.05) is 12.1 Å². The zero-order valence-corrected chi connectivity index (χ0v) is 8.97. The zero-order chi connectivity index (χ0) is 9.10. The molecule has 1 nitrogen and oxygen atoms in total. The van der Waals surface area contributed by atoms with E-state index >= 15 is 0 Å². The van der Waals surface area contributed by atoms with Crippen LogP contribution >= 0.6 is 0 Å². The van der Waals surface area contributed by atoms with Crippen LogP contribution in [0.2, 0.25) is 0 Å². The summed E-state index contributed by atoms with van der Waals surface area (Å²) in [7, 11) is 0. The van der Waals surface area contributed by atoms with Crippen molar-refractivity contribution in [2.45, 2.75) is 51.5 Å². The highest BCUT2D eigenvalue weighted by molar-refractivity contribution is 5.16. The van der Waals surface area contributed by atoms with Gasteiger partial charge in [-0.25, -0.2) is 0 Å². The van der Waals surface area contributed by atoms with Gasteiger partial charge >= 0.3 is 0 Å². The summed E-state index contributed by atoms with van der Waals surface area (Å²) < 4.78 is 0. The molecule has 2 atom stereocenters. The summed E-state index contributed by atoms with van der Waals surface area (Å²) in [5.41, 5.74) is 1.38. The quantitative estimate of drug-likeness (QED) is 0.598. The van der Waals surface area contributed by atoms with E-state index in [1.807, 2.05) is 0 Å². The molecule has 0 N–H and O–H groups in total. The fourth-order valence-electron chi connectivity index (χ4n) is 4.03. The van der Waals surface area contributed by atoms with Gasteiger partial charge < -0.3 is 0 Å². The van der Waals surface area contributed by atoms with Crippen LogP contribution in [-0.2, 0) is 0 Å². The van der Waals surface area contributed by atoms with Crippen LogP contribution in [0.15, 0.2) is 0 Å². The molecule has 2 saturated heterocycles. The first-order valence-corrected chi connectivity index (χ1v) is 5.91. The summed E-state index contributed by atoms with van der Waals surface area (Å²) in [6, 6.07) is 0. The van der Waals surface area contributed by atoms with Gasteiger partial charge in [0.15, 0.2) is 0 Å². The van der Waals surface area contributed by atoms with E-state index in [1.165, 1.54) is 45.2 Å². The second kappa shape index (κ2) is 2.31. The highest BCUT2D eigenvalue weighted by Crippen LogP contribution is 2.63. The topological polar surface area (TPSA) is 3.24 Å². The van der Waals surface area contributed by atoms with Gasteiger partial charge in [-0.2, -0.15) is 0 Å². The van der Waals surface area contributed by atoms with E-state index in [0.717, 1.165) is 5.92 Å². The molecule has 13 heavy (non-hydrogen) atoms. The lowest BCUT2D eigenvalue weighted by Gasteiger charge is -2.38. The number of hydrogen-bond donors (Lipinski definition) is 0. The van der Waals surface area contributed by atoms with Gasteiger partial charge in [0.25, 0.3) is 0 Å². The van der Waals surface area contributed by atoms with Crippen LogP contribution in [0.1, 0.15) is 46.0 Å². The minimum absolute atomic E-state index is 0.659. The van der Waals surface area contributed by atoms with Crippen molar-refractivity contribution in [1.29, 1.82) is 0 Å². The van der Waals surface area contributed by atoms with Gasteiger partial charge in [0.05, 0.1) is 0 Å². The normalized spacial score (nSPS) is 48.0. The molecule has 2 aliphatic heterocycles. The number of rotatable bonds is 1. The van der Waals surface area contributed by atoms with Crippen molar-refractivity contribution in [3.05, 3.63) is 0 Å². The second-order valence-electron chi connectivity index (χ2n) is 5.95. The van der Waals surface area contributed by atoms with Gasteiger partial charge in [-0.15, -0.1) is 0 Å². The van der Waals surface area contributed by atoms with Crippen molar-refractivity contribution in [2.24, 2.45) is 11.3 Å². The predicted octanol–water partition coefficient (Wildman–Crippen LogP) is 2.66. The maximum atomic E-state index is 2.82. The first-order chi connectivity index (χ1) is 6.16. The number of nitrogens with zero attached hydrogens (tertiary/aromatic N) is 1. The summed E-state index contributed by atoms with van der Waals surface area (Å²) in [4.78, 5) is 2.82. The van der Waals surface area contributed by atoms with Gasteiger partial charge in [-0.1, -0.05) is 13.8 Å². The molecular formula is C12H21N. The molecule has 3 fully saturated rings. The summed E-state index contributed by atoms with van der Waals surface area (Å²) in [6.45, 7) is 7.74. The van der Waals surface area contributed by atoms with Gasteiger partial charge in [0.2, 0.25) is 0 Å². The van der Waals surface area contributed by atoms with Crippen LogP contribution in [0, 0.1) is 11.3 Å². The molecule has 0 bridgehead atoms. The Balaban J connectivity index is 1.94. The molecule has 0 radical (unpaired) electrons. The smallest absolute Gasteiger partial charge is 0.0266 e. The van der Waals surface area contributed by atoms with Crippen molar-refractivity contribution in [1.82, 2.24) is 4.90 Å². The lowest BCUT2D eigenvalue weighted by molar-refractivity contribution is 0.110. The van der Waals surface area contributed by atoms with Crippen LogP contribution < -0.4 is 0 Å². The first-order valence-electron chi connectivity index (χ1n) is 5.91. The molecule has 2 unspecified atom stereocenters. The summed E-state index contributed by atoms with van der Waals surface area (Å²) >= 11 is 0. The average molecular weight is 179 g/mol. The van der Waals surface area contributed by atoms with Crippen LogP contribution in [-0.4, -0.2) is 23.5 Å². The molecule has 0 spiro atoms. The molecule has 0 aromatic heterocycles. The maximum Gasteiger partial charge on any atom is 0.0266 e. The van der Waals surface area contributed by atoms with Crippen molar-refractivity contribution < 1.29 is 0 Å². The Morgan fingerprint density at radius 2 is 2.00 bits per heavy atom. The maximum absolute atomic E-state index is 2.82. The summed E-state index contributed by atoms with van der Waals surface area (Å²) in [5.74, 6) is 0.956. The van der Waals surface area contributed by atoms with Crippen LogP contribution in [0.5, 0.6) is 0 Å². The molecule has 0 amide bonds. The molecule has 1 aliphatic carbocycles. The monoisotopic (exact) mass is 179 g/mol. The average Bonchev–Trinajstić information content (AvgIpc) is 2.56. The molecule has 3 rings (SSSR count). The highest BCUT2D eigenvalue weighted by atomic mass is 15.3. The SMILES string of the molecule is CC1CN2CCCC2(C2(C)CC2)C1. The Morgan fingerprint density at radius 1 is 1.23 bits per heavy atom. The third-order valence-electron chi connectivity index (χ3n) is 4.97. The lowest BCUT2D eigenvalue weighted by Crippen LogP contribution is -2.45. The Morgan fingerprint density at radius 3 is 2.69 bits per heavy atom. The van der Waals surface area contributed by atoms with Crippen molar-refractivity contribution in [3.63, 3.8) is 0 Å². The van der Waals surface area contributed by atoms with E-state index in [0.29, 0.717) is 11.0 Å². The number of fused-ring (bicyclic) bond motifs is 1. The van der Waals surface area contributed by atoms with E-state index in [4.69, 9.17) is 0 Å². The third kappa shape index (κ3) is 0.918. The van der Waals surface area contributed by atoms with E-state index in [9.17, 15) is 0 Å². The van der Waals surface area contributed by atoms with Crippen molar-refractivity contribution in [3.8, 4) is 0 Å². The van der Waals surface area contributed by atoms with Crippen molar-refractivity contribution in [2.75, 3.05) is 13.1 Å². The second-order valence-corrected chi connectivity index (χ2v) is 5.95. The molecule has 1 saturated carbocycles. The largest absolute Gasteiger partial charge is 0.297 e. The van der Waals surface area contributed by atoms with Crippen molar-refractivity contribution >= 4 is 0 Å². The molecule has 0 aromatic carbocycles. The Hall–Kier alpha value is -0.0400. The van der Waals surface area contributed by atoms with Crippen LogP contribution in [0.25, 0.3) is 0 Å². The van der Waals surface area contributed by atoms with Gasteiger partial charge in [-0.05, 0) is 50.0 Å². The molecule has 0 aromatic rings.